The van der Waals surface area contributed by atoms with Gasteiger partial charge in [0.15, 0.2) is 0 Å². The van der Waals surface area contributed by atoms with Crippen LogP contribution in [0.1, 0.15) is 32.1 Å². The van der Waals surface area contributed by atoms with Crippen molar-refractivity contribution in [1.82, 2.24) is 9.80 Å². The van der Waals surface area contributed by atoms with E-state index in [-0.39, 0.29) is 11.9 Å². The van der Waals surface area contributed by atoms with Gasteiger partial charge < -0.3 is 15.5 Å². The Hall–Kier alpha value is -0.610. The fraction of sp³-hybridized carbons (Fsp3) is 0.923. The molecule has 1 aliphatic heterocycles. The number of likely N-dealkylation sites (tertiary alicyclic amines) is 1. The molecule has 2 aliphatic rings. The maximum absolute atomic E-state index is 12.1. The largest absolute Gasteiger partial charge is 0.341 e. The first-order chi connectivity index (χ1) is 8.08. The zero-order valence-electron chi connectivity index (χ0n) is 11.1. The standard InChI is InChI=1S/C13H25N3O/c1-15(2)11-4-3-7-16(9-11)13(17)8-12(14)10-5-6-10/h10-12H,3-9,14H2,1-2H3. The third-order valence-electron chi connectivity index (χ3n) is 4.12. The topological polar surface area (TPSA) is 49.6 Å². The first kappa shape index (κ1) is 12.8. The molecule has 2 fully saturated rings. The Morgan fingerprint density at radius 2 is 2.12 bits per heavy atom. The highest BCUT2D eigenvalue weighted by Gasteiger charge is 2.32. The minimum atomic E-state index is 0.0993. The summed E-state index contributed by atoms with van der Waals surface area (Å²) >= 11 is 0. The van der Waals surface area contributed by atoms with Gasteiger partial charge in [-0.3, -0.25) is 4.79 Å². The van der Waals surface area contributed by atoms with Crippen molar-refractivity contribution in [2.45, 2.75) is 44.2 Å². The average Bonchev–Trinajstić information content (AvgIpc) is 3.12. The number of hydrogen-bond acceptors (Lipinski definition) is 3. The number of piperidine rings is 1. The van der Waals surface area contributed by atoms with Crippen molar-refractivity contribution in [3.8, 4) is 0 Å². The molecule has 0 aromatic carbocycles. The maximum Gasteiger partial charge on any atom is 0.224 e. The highest BCUT2D eigenvalue weighted by Crippen LogP contribution is 2.33. The minimum Gasteiger partial charge on any atom is -0.341 e. The van der Waals surface area contributed by atoms with Crippen molar-refractivity contribution in [3.63, 3.8) is 0 Å². The lowest BCUT2D eigenvalue weighted by atomic mass is 10.0. The summed E-state index contributed by atoms with van der Waals surface area (Å²) in [5, 5.41) is 0. The van der Waals surface area contributed by atoms with Crippen molar-refractivity contribution in [3.05, 3.63) is 0 Å². The summed E-state index contributed by atoms with van der Waals surface area (Å²) in [6.45, 7) is 1.80. The van der Waals surface area contributed by atoms with Crippen LogP contribution in [0.15, 0.2) is 0 Å². The van der Waals surface area contributed by atoms with Gasteiger partial charge in [0.25, 0.3) is 0 Å². The Balaban J connectivity index is 1.81. The SMILES string of the molecule is CN(C)C1CCCN(C(=O)CC(N)C2CC2)C1. The summed E-state index contributed by atoms with van der Waals surface area (Å²) in [4.78, 5) is 16.4. The van der Waals surface area contributed by atoms with Crippen LogP contribution < -0.4 is 5.73 Å². The number of likely N-dealkylation sites (N-methyl/N-ethyl adjacent to an activating group) is 1. The first-order valence-electron chi connectivity index (χ1n) is 6.77. The van der Waals surface area contributed by atoms with E-state index < -0.39 is 0 Å². The normalized spacial score (nSPS) is 27.3. The predicted octanol–water partition coefficient (Wildman–Crippen LogP) is 0.666. The molecule has 2 N–H and O–H groups in total. The number of carbonyl (C=O) groups excluding carboxylic acids is 1. The molecule has 2 unspecified atom stereocenters. The van der Waals surface area contributed by atoms with Crippen molar-refractivity contribution < 1.29 is 4.79 Å². The molecule has 0 aromatic heterocycles. The fourth-order valence-electron chi connectivity index (χ4n) is 2.62. The van der Waals surface area contributed by atoms with E-state index in [0.717, 1.165) is 19.5 Å². The Kier molecular flexibility index (Phi) is 4.05. The van der Waals surface area contributed by atoms with E-state index in [0.29, 0.717) is 18.4 Å². The van der Waals surface area contributed by atoms with Crippen LogP contribution in [0, 0.1) is 5.92 Å². The third kappa shape index (κ3) is 3.42. The lowest BCUT2D eigenvalue weighted by Gasteiger charge is -2.36. The molecule has 2 rings (SSSR count). The van der Waals surface area contributed by atoms with Crippen LogP contribution in [-0.4, -0.2) is 55.0 Å². The van der Waals surface area contributed by atoms with Gasteiger partial charge in [0.05, 0.1) is 0 Å². The summed E-state index contributed by atoms with van der Waals surface area (Å²) in [7, 11) is 4.18. The number of carbonyl (C=O) groups is 1. The molecule has 0 radical (unpaired) electrons. The lowest BCUT2D eigenvalue weighted by Crippen LogP contribution is -2.48. The van der Waals surface area contributed by atoms with E-state index in [2.05, 4.69) is 19.0 Å². The molecule has 4 heteroatoms. The van der Waals surface area contributed by atoms with Crippen LogP contribution in [0.3, 0.4) is 0 Å². The number of nitrogens with zero attached hydrogens (tertiary/aromatic N) is 2. The van der Waals surface area contributed by atoms with Crippen LogP contribution in [0.5, 0.6) is 0 Å². The zero-order valence-corrected chi connectivity index (χ0v) is 11.1. The Morgan fingerprint density at radius 3 is 2.71 bits per heavy atom. The second-order valence-electron chi connectivity index (χ2n) is 5.80. The van der Waals surface area contributed by atoms with E-state index in [1.165, 1.54) is 19.3 Å². The Labute approximate surface area is 104 Å². The number of rotatable bonds is 4. The summed E-state index contributed by atoms with van der Waals surface area (Å²) in [6, 6.07) is 0.618. The molecule has 0 aromatic rings. The second-order valence-corrected chi connectivity index (χ2v) is 5.80. The summed E-state index contributed by atoms with van der Waals surface area (Å²) in [6.07, 6.45) is 5.30. The number of nitrogens with two attached hydrogens (primary N) is 1. The van der Waals surface area contributed by atoms with Gasteiger partial charge in [0, 0.05) is 31.6 Å². The molecule has 1 aliphatic carbocycles. The van der Waals surface area contributed by atoms with Gasteiger partial charge in [-0.05, 0) is 45.7 Å². The fourth-order valence-corrected chi connectivity index (χ4v) is 2.62. The molecule has 1 saturated carbocycles. The van der Waals surface area contributed by atoms with Crippen molar-refractivity contribution in [2.75, 3.05) is 27.2 Å². The molecule has 2 atom stereocenters. The van der Waals surface area contributed by atoms with E-state index in [9.17, 15) is 4.79 Å². The number of hydrogen-bond donors (Lipinski definition) is 1. The van der Waals surface area contributed by atoms with E-state index >= 15 is 0 Å². The lowest BCUT2D eigenvalue weighted by molar-refractivity contribution is -0.133. The number of amides is 1. The Bertz CT molecular complexity index is 276. The summed E-state index contributed by atoms with van der Waals surface area (Å²) in [5.41, 5.74) is 6.02. The summed E-state index contributed by atoms with van der Waals surface area (Å²) < 4.78 is 0. The molecule has 0 bridgehead atoms. The molecule has 1 heterocycles. The van der Waals surface area contributed by atoms with Crippen molar-refractivity contribution in [2.24, 2.45) is 11.7 Å². The quantitative estimate of drug-likeness (QED) is 0.784. The van der Waals surface area contributed by atoms with Gasteiger partial charge in [-0.1, -0.05) is 0 Å². The van der Waals surface area contributed by atoms with Crippen LogP contribution >= 0.6 is 0 Å². The van der Waals surface area contributed by atoms with E-state index in [1.54, 1.807) is 0 Å². The monoisotopic (exact) mass is 239 g/mol. The van der Waals surface area contributed by atoms with Gasteiger partial charge in [0.2, 0.25) is 5.91 Å². The van der Waals surface area contributed by atoms with Crippen LogP contribution in [0.25, 0.3) is 0 Å². The third-order valence-corrected chi connectivity index (χ3v) is 4.12. The Morgan fingerprint density at radius 1 is 1.41 bits per heavy atom. The van der Waals surface area contributed by atoms with Crippen LogP contribution in [-0.2, 0) is 4.79 Å². The first-order valence-corrected chi connectivity index (χ1v) is 6.77. The average molecular weight is 239 g/mol. The van der Waals surface area contributed by atoms with Crippen molar-refractivity contribution in [1.29, 1.82) is 0 Å². The second kappa shape index (κ2) is 5.36. The van der Waals surface area contributed by atoms with Gasteiger partial charge in [-0.2, -0.15) is 0 Å². The smallest absolute Gasteiger partial charge is 0.224 e. The highest BCUT2D eigenvalue weighted by atomic mass is 16.2. The molecule has 1 saturated heterocycles. The minimum absolute atomic E-state index is 0.0993. The van der Waals surface area contributed by atoms with Gasteiger partial charge in [0.1, 0.15) is 0 Å². The van der Waals surface area contributed by atoms with Crippen LogP contribution in [0.2, 0.25) is 0 Å². The van der Waals surface area contributed by atoms with Gasteiger partial charge >= 0.3 is 0 Å². The molecule has 4 nitrogen and oxygen atoms in total. The summed E-state index contributed by atoms with van der Waals surface area (Å²) in [5.74, 6) is 0.879. The van der Waals surface area contributed by atoms with Gasteiger partial charge in [-0.25, -0.2) is 0 Å². The molecular weight excluding hydrogens is 214 g/mol. The van der Waals surface area contributed by atoms with Crippen molar-refractivity contribution >= 4 is 5.91 Å². The van der Waals surface area contributed by atoms with E-state index in [1.807, 2.05) is 4.90 Å². The maximum atomic E-state index is 12.1. The molecule has 1 amide bonds. The van der Waals surface area contributed by atoms with Gasteiger partial charge in [-0.15, -0.1) is 0 Å². The van der Waals surface area contributed by atoms with E-state index in [4.69, 9.17) is 5.73 Å². The predicted molar refractivity (Wildman–Crippen MR) is 68.6 cm³/mol. The van der Waals surface area contributed by atoms with Crippen LogP contribution in [0.4, 0.5) is 0 Å². The highest BCUT2D eigenvalue weighted by molar-refractivity contribution is 5.77. The molecule has 17 heavy (non-hydrogen) atoms. The molecule has 98 valence electrons. The zero-order chi connectivity index (χ0) is 12.4. The molecule has 0 spiro atoms. The molecular formula is C13H25N3O.